The molecule has 29 heavy (non-hydrogen) atoms. The predicted octanol–water partition coefficient (Wildman–Crippen LogP) is 4.12. The number of anilines is 1. The molecule has 0 radical (unpaired) electrons. The van der Waals surface area contributed by atoms with Crippen molar-refractivity contribution in [2.24, 2.45) is 0 Å². The average Bonchev–Trinajstić information content (AvgIpc) is 3.05. The SMILES string of the molecule is Cc1cccc(C)c1NC(=O)CSc1ncc(-c2ccc(F)cc2)n1CC(=O)O. The Balaban J connectivity index is 1.77. The Morgan fingerprint density at radius 2 is 1.79 bits per heavy atom. The first-order valence-corrected chi connectivity index (χ1v) is 9.86. The molecule has 0 spiro atoms. The number of aryl methyl sites for hydroxylation is 2. The van der Waals surface area contributed by atoms with Crippen LogP contribution in [-0.4, -0.2) is 32.3 Å². The van der Waals surface area contributed by atoms with Crippen LogP contribution in [-0.2, 0) is 16.1 Å². The third-order valence-corrected chi connectivity index (χ3v) is 5.32. The summed E-state index contributed by atoms with van der Waals surface area (Å²) < 4.78 is 14.7. The van der Waals surface area contributed by atoms with Crippen molar-refractivity contribution in [3.63, 3.8) is 0 Å². The van der Waals surface area contributed by atoms with E-state index in [0.29, 0.717) is 16.4 Å². The molecule has 0 aliphatic heterocycles. The quantitative estimate of drug-likeness (QED) is 0.569. The van der Waals surface area contributed by atoms with Gasteiger partial charge >= 0.3 is 5.97 Å². The molecule has 1 amide bonds. The molecule has 3 rings (SSSR count). The first kappa shape index (κ1) is 20.6. The number of aromatic nitrogens is 2. The molecular formula is C21H20FN3O3S. The number of carbonyl (C=O) groups is 2. The van der Waals surface area contributed by atoms with Gasteiger partial charge in [-0.15, -0.1) is 0 Å². The molecule has 0 aliphatic carbocycles. The van der Waals surface area contributed by atoms with Crippen LogP contribution in [0.25, 0.3) is 11.3 Å². The number of amides is 1. The minimum absolute atomic E-state index is 0.0767. The minimum atomic E-state index is -1.03. The summed E-state index contributed by atoms with van der Waals surface area (Å²) in [5.74, 6) is -1.54. The molecule has 0 atom stereocenters. The average molecular weight is 413 g/mol. The van der Waals surface area contributed by atoms with E-state index in [1.54, 1.807) is 12.1 Å². The number of hydrogen-bond acceptors (Lipinski definition) is 4. The number of carbonyl (C=O) groups excluding carboxylic acids is 1. The molecule has 0 aliphatic rings. The number of benzene rings is 2. The van der Waals surface area contributed by atoms with Crippen molar-refractivity contribution < 1.29 is 19.1 Å². The van der Waals surface area contributed by atoms with Gasteiger partial charge in [0.2, 0.25) is 5.91 Å². The van der Waals surface area contributed by atoms with Crippen molar-refractivity contribution >= 4 is 29.3 Å². The van der Waals surface area contributed by atoms with Gasteiger partial charge in [-0.05, 0) is 54.8 Å². The Bertz CT molecular complexity index is 1030. The first-order valence-electron chi connectivity index (χ1n) is 8.87. The van der Waals surface area contributed by atoms with Crippen molar-refractivity contribution in [3.05, 3.63) is 65.6 Å². The van der Waals surface area contributed by atoms with Crippen LogP contribution in [0.2, 0.25) is 0 Å². The smallest absolute Gasteiger partial charge is 0.323 e. The number of para-hydroxylation sites is 1. The molecule has 2 N–H and O–H groups in total. The van der Waals surface area contributed by atoms with Gasteiger partial charge in [0.25, 0.3) is 0 Å². The van der Waals surface area contributed by atoms with Crippen molar-refractivity contribution in [1.29, 1.82) is 0 Å². The highest BCUT2D eigenvalue weighted by atomic mass is 32.2. The van der Waals surface area contributed by atoms with E-state index in [2.05, 4.69) is 10.3 Å². The standard InChI is InChI=1S/C21H20FN3O3S/c1-13-4-3-5-14(2)20(13)24-18(26)12-29-21-23-10-17(25(21)11-19(27)28)15-6-8-16(22)9-7-15/h3-10H,11-12H2,1-2H3,(H,24,26)(H,27,28). The summed E-state index contributed by atoms with van der Waals surface area (Å²) in [6.07, 6.45) is 1.53. The van der Waals surface area contributed by atoms with Gasteiger partial charge in [-0.25, -0.2) is 9.37 Å². The number of imidazole rings is 1. The summed E-state index contributed by atoms with van der Waals surface area (Å²) in [5.41, 5.74) is 3.90. The predicted molar refractivity (Wildman–Crippen MR) is 111 cm³/mol. The van der Waals surface area contributed by atoms with E-state index in [9.17, 15) is 19.1 Å². The number of nitrogens with zero attached hydrogens (tertiary/aromatic N) is 2. The molecule has 150 valence electrons. The van der Waals surface area contributed by atoms with Crippen LogP contribution >= 0.6 is 11.8 Å². The molecule has 3 aromatic rings. The van der Waals surface area contributed by atoms with Crippen molar-refractivity contribution in [2.75, 3.05) is 11.1 Å². The molecule has 1 heterocycles. The van der Waals surface area contributed by atoms with Crippen molar-refractivity contribution in [2.45, 2.75) is 25.5 Å². The molecule has 8 heteroatoms. The second-order valence-corrected chi connectivity index (χ2v) is 7.46. The third-order valence-electron chi connectivity index (χ3n) is 4.33. The highest BCUT2D eigenvalue weighted by Crippen LogP contribution is 2.27. The summed E-state index contributed by atoms with van der Waals surface area (Å²) in [6.45, 7) is 3.53. The molecule has 0 saturated carbocycles. The number of carboxylic acid groups (broad SMARTS) is 1. The van der Waals surface area contributed by atoms with Gasteiger partial charge in [0, 0.05) is 5.69 Å². The number of hydrogen-bond donors (Lipinski definition) is 2. The fourth-order valence-corrected chi connectivity index (χ4v) is 3.71. The second kappa shape index (κ2) is 8.91. The Hall–Kier alpha value is -3.13. The zero-order valence-electron chi connectivity index (χ0n) is 16.0. The molecule has 0 saturated heterocycles. The Morgan fingerprint density at radius 3 is 2.41 bits per heavy atom. The Kier molecular flexibility index (Phi) is 6.33. The van der Waals surface area contributed by atoms with Gasteiger partial charge < -0.3 is 15.0 Å². The Morgan fingerprint density at radius 1 is 1.14 bits per heavy atom. The molecule has 2 aromatic carbocycles. The van der Waals surface area contributed by atoms with Crippen molar-refractivity contribution in [3.8, 4) is 11.3 Å². The topological polar surface area (TPSA) is 84.2 Å². The molecule has 0 unspecified atom stereocenters. The lowest BCUT2D eigenvalue weighted by atomic mass is 10.1. The maximum Gasteiger partial charge on any atom is 0.323 e. The third kappa shape index (κ3) is 5.03. The lowest BCUT2D eigenvalue weighted by Crippen LogP contribution is -2.17. The monoisotopic (exact) mass is 413 g/mol. The fourth-order valence-electron chi connectivity index (χ4n) is 2.93. The van der Waals surface area contributed by atoms with E-state index < -0.39 is 5.97 Å². The largest absolute Gasteiger partial charge is 0.480 e. The van der Waals surface area contributed by atoms with Crippen LogP contribution in [0.15, 0.2) is 53.8 Å². The second-order valence-electron chi connectivity index (χ2n) is 6.52. The molecular weight excluding hydrogens is 393 g/mol. The maximum absolute atomic E-state index is 13.2. The summed E-state index contributed by atoms with van der Waals surface area (Å²) in [6, 6.07) is 11.5. The highest BCUT2D eigenvalue weighted by molar-refractivity contribution is 7.99. The van der Waals surface area contributed by atoms with Crippen LogP contribution in [0, 0.1) is 19.7 Å². The van der Waals surface area contributed by atoms with E-state index in [-0.39, 0.29) is 24.0 Å². The van der Waals surface area contributed by atoms with Crippen LogP contribution in [0.5, 0.6) is 0 Å². The minimum Gasteiger partial charge on any atom is -0.480 e. The van der Waals surface area contributed by atoms with Crippen LogP contribution in [0.4, 0.5) is 10.1 Å². The van der Waals surface area contributed by atoms with Gasteiger partial charge in [-0.3, -0.25) is 9.59 Å². The van der Waals surface area contributed by atoms with Gasteiger partial charge in [0.1, 0.15) is 12.4 Å². The van der Waals surface area contributed by atoms with Gasteiger partial charge in [-0.1, -0.05) is 30.0 Å². The number of halogens is 1. The van der Waals surface area contributed by atoms with E-state index in [4.69, 9.17) is 0 Å². The summed E-state index contributed by atoms with van der Waals surface area (Å²) in [5, 5.41) is 12.6. The van der Waals surface area contributed by atoms with Crippen LogP contribution < -0.4 is 5.32 Å². The van der Waals surface area contributed by atoms with E-state index in [1.165, 1.54) is 22.9 Å². The van der Waals surface area contributed by atoms with E-state index in [0.717, 1.165) is 28.6 Å². The van der Waals surface area contributed by atoms with E-state index >= 15 is 0 Å². The molecule has 0 fully saturated rings. The van der Waals surface area contributed by atoms with Gasteiger partial charge in [0.15, 0.2) is 5.16 Å². The zero-order chi connectivity index (χ0) is 21.0. The van der Waals surface area contributed by atoms with E-state index in [1.807, 2.05) is 32.0 Å². The van der Waals surface area contributed by atoms with Crippen LogP contribution in [0.3, 0.4) is 0 Å². The normalized spacial score (nSPS) is 10.7. The zero-order valence-corrected chi connectivity index (χ0v) is 16.8. The number of carboxylic acids is 1. The van der Waals surface area contributed by atoms with Gasteiger partial charge in [0.05, 0.1) is 17.6 Å². The first-order chi connectivity index (χ1) is 13.8. The lowest BCUT2D eigenvalue weighted by Gasteiger charge is -2.12. The summed E-state index contributed by atoms with van der Waals surface area (Å²) in [7, 11) is 0. The summed E-state index contributed by atoms with van der Waals surface area (Å²) in [4.78, 5) is 28.0. The lowest BCUT2D eigenvalue weighted by molar-refractivity contribution is -0.137. The molecule has 6 nitrogen and oxygen atoms in total. The number of rotatable bonds is 7. The van der Waals surface area contributed by atoms with Crippen LogP contribution in [0.1, 0.15) is 11.1 Å². The Labute approximate surface area is 171 Å². The number of aliphatic carboxylic acids is 1. The summed E-state index contributed by atoms with van der Waals surface area (Å²) >= 11 is 1.15. The molecule has 0 bridgehead atoms. The number of thioether (sulfide) groups is 1. The number of nitrogens with one attached hydrogen (secondary N) is 1. The van der Waals surface area contributed by atoms with Gasteiger partial charge in [-0.2, -0.15) is 0 Å². The fraction of sp³-hybridized carbons (Fsp3) is 0.190. The molecule has 1 aromatic heterocycles. The van der Waals surface area contributed by atoms with Crippen molar-refractivity contribution in [1.82, 2.24) is 9.55 Å². The maximum atomic E-state index is 13.2. The highest BCUT2D eigenvalue weighted by Gasteiger charge is 2.17.